The van der Waals surface area contributed by atoms with E-state index >= 15 is 0 Å². The van der Waals surface area contributed by atoms with Crippen molar-refractivity contribution >= 4 is 12.6 Å². The van der Waals surface area contributed by atoms with Crippen LogP contribution in [0.4, 0.5) is 0 Å². The molecule has 0 bridgehead atoms. The van der Waals surface area contributed by atoms with Crippen molar-refractivity contribution in [1.29, 1.82) is 0 Å². The van der Waals surface area contributed by atoms with Gasteiger partial charge >= 0.3 is 0 Å². The van der Waals surface area contributed by atoms with Crippen LogP contribution in [0.3, 0.4) is 0 Å². The molecule has 0 aromatic heterocycles. The molecular formula is C4H7NS. The van der Waals surface area contributed by atoms with Crippen LogP contribution in [0.2, 0.25) is 0 Å². The van der Waals surface area contributed by atoms with Crippen molar-refractivity contribution in [2.45, 2.75) is 0 Å². The summed E-state index contributed by atoms with van der Waals surface area (Å²) in [6.45, 7) is 3.33. The third kappa shape index (κ3) is 1.94. The Balaban J connectivity index is 3.52. The molecule has 0 unspecified atom stereocenters. The van der Waals surface area contributed by atoms with E-state index in [0.717, 1.165) is 0 Å². The maximum Gasteiger partial charge on any atom is 0.108 e. The summed E-state index contributed by atoms with van der Waals surface area (Å²) in [6.07, 6.45) is 0. The van der Waals surface area contributed by atoms with Gasteiger partial charge in [-0.15, -0.1) is 12.6 Å². The van der Waals surface area contributed by atoms with Crippen molar-refractivity contribution in [3.63, 3.8) is 0 Å². The normalized spacial score (nSPS) is 6.33. The van der Waals surface area contributed by atoms with Crippen LogP contribution in [-0.2, 0) is 0 Å². The predicted molar refractivity (Wildman–Crippen MR) is 30.7 cm³/mol. The number of thiol groups is 1. The number of nitrogens with one attached hydrogen (secondary N) is 1. The van der Waals surface area contributed by atoms with Crippen LogP contribution in [0.5, 0.6) is 0 Å². The topological polar surface area (TPSA) is 12.0 Å². The zero-order valence-corrected chi connectivity index (χ0v) is 4.55. The van der Waals surface area contributed by atoms with Crippen LogP contribution in [0, 0.1) is 0 Å². The first kappa shape index (κ1) is 5.67. The van der Waals surface area contributed by atoms with Crippen LogP contribution in [0.25, 0.3) is 0 Å². The van der Waals surface area contributed by atoms with E-state index in [2.05, 4.69) is 30.3 Å². The third-order valence-electron chi connectivity index (χ3n) is 0.404. The molecule has 0 saturated carbocycles. The summed E-state index contributed by atoms with van der Waals surface area (Å²) >= 11 is 3.86. The van der Waals surface area contributed by atoms with Crippen molar-refractivity contribution in [2.24, 2.45) is 0 Å². The van der Waals surface area contributed by atoms with Gasteiger partial charge in [-0.3, -0.25) is 0 Å². The zero-order valence-electron chi connectivity index (χ0n) is 3.65. The van der Waals surface area contributed by atoms with Crippen molar-refractivity contribution in [3.8, 4) is 0 Å². The maximum atomic E-state index is 3.86. The molecule has 0 amide bonds. The van der Waals surface area contributed by atoms with E-state index in [4.69, 9.17) is 0 Å². The molecular weight excluding hydrogens is 94.1 g/mol. The van der Waals surface area contributed by atoms with E-state index in [9.17, 15) is 0 Å². The lowest BCUT2D eigenvalue weighted by atomic mass is 10.8. The molecule has 0 radical (unpaired) electrons. The van der Waals surface area contributed by atoms with Gasteiger partial charge in [-0.2, -0.15) is 0 Å². The van der Waals surface area contributed by atoms with Gasteiger partial charge in [0, 0.05) is 7.05 Å². The van der Waals surface area contributed by atoms with Gasteiger partial charge < -0.3 is 5.32 Å². The standard InChI is InChI=1S/C4H7NS/c1-3-4(6)5-2/h5-6H,1H2,2H3. The van der Waals surface area contributed by atoms with E-state index in [-0.39, 0.29) is 0 Å². The summed E-state index contributed by atoms with van der Waals surface area (Å²) in [5, 5.41) is 3.40. The van der Waals surface area contributed by atoms with E-state index in [1.165, 1.54) is 0 Å². The first-order valence-corrected chi connectivity index (χ1v) is 2.02. The Morgan fingerprint density at radius 2 is 2.50 bits per heavy atom. The molecule has 0 fully saturated rings. The van der Waals surface area contributed by atoms with Gasteiger partial charge in [-0.05, 0) is 0 Å². The molecule has 0 aliphatic heterocycles. The van der Waals surface area contributed by atoms with Gasteiger partial charge in [0.15, 0.2) is 0 Å². The molecule has 0 atom stereocenters. The SMILES string of the molecule is C=C=C(S)NC. The quantitative estimate of drug-likeness (QED) is 0.367. The number of hydrogen-bond donors (Lipinski definition) is 2. The maximum absolute atomic E-state index is 3.86. The Hall–Kier alpha value is -0.330. The van der Waals surface area contributed by atoms with Crippen LogP contribution >= 0.6 is 12.6 Å². The first-order valence-electron chi connectivity index (χ1n) is 1.58. The molecule has 34 valence electrons. The highest BCUT2D eigenvalue weighted by Gasteiger charge is 1.68. The summed E-state index contributed by atoms with van der Waals surface area (Å²) in [6, 6.07) is 0. The van der Waals surface area contributed by atoms with Crippen LogP contribution in [0.1, 0.15) is 0 Å². The van der Waals surface area contributed by atoms with Gasteiger partial charge in [0.2, 0.25) is 0 Å². The lowest BCUT2D eigenvalue weighted by Crippen LogP contribution is -1.96. The fourth-order valence-corrected chi connectivity index (χ4v) is 0.0884. The largest absolute Gasteiger partial charge is 0.377 e. The Bertz CT molecular complexity index is 81.5. The Morgan fingerprint density at radius 3 is 2.50 bits per heavy atom. The smallest absolute Gasteiger partial charge is 0.108 e. The third-order valence-corrected chi connectivity index (χ3v) is 0.786. The summed E-state index contributed by atoms with van der Waals surface area (Å²) in [5.74, 6) is 0. The lowest BCUT2D eigenvalue weighted by molar-refractivity contribution is 1.09. The molecule has 0 aromatic rings. The van der Waals surface area contributed by atoms with E-state index in [1.54, 1.807) is 7.05 Å². The highest BCUT2D eigenvalue weighted by Crippen LogP contribution is 1.84. The molecule has 1 nitrogen and oxygen atoms in total. The van der Waals surface area contributed by atoms with Crippen molar-refractivity contribution in [3.05, 3.63) is 17.3 Å². The molecule has 1 N–H and O–H groups in total. The summed E-state index contributed by atoms with van der Waals surface area (Å²) < 4.78 is 0. The van der Waals surface area contributed by atoms with Crippen molar-refractivity contribution < 1.29 is 0 Å². The monoisotopic (exact) mass is 101 g/mol. The lowest BCUT2D eigenvalue weighted by Gasteiger charge is -1.86. The predicted octanol–water partition coefficient (Wildman–Crippen LogP) is 0.762. The number of rotatable bonds is 1. The van der Waals surface area contributed by atoms with Gasteiger partial charge in [0.25, 0.3) is 0 Å². The minimum absolute atomic E-state index is 0.676. The van der Waals surface area contributed by atoms with Gasteiger partial charge in [0.05, 0.1) is 0 Å². The molecule has 6 heavy (non-hydrogen) atoms. The van der Waals surface area contributed by atoms with Crippen LogP contribution < -0.4 is 5.32 Å². The fourth-order valence-electron chi connectivity index (χ4n) is 0.0884. The Kier molecular flexibility index (Phi) is 2.73. The Labute approximate surface area is 43.2 Å². The van der Waals surface area contributed by atoms with Crippen LogP contribution in [0.15, 0.2) is 17.3 Å². The van der Waals surface area contributed by atoms with Crippen molar-refractivity contribution in [1.82, 2.24) is 5.32 Å². The van der Waals surface area contributed by atoms with Crippen molar-refractivity contribution in [2.75, 3.05) is 7.05 Å². The zero-order chi connectivity index (χ0) is 4.99. The van der Waals surface area contributed by atoms with E-state index < -0.39 is 0 Å². The highest BCUT2D eigenvalue weighted by molar-refractivity contribution is 7.84. The Morgan fingerprint density at radius 1 is 2.00 bits per heavy atom. The molecule has 0 aliphatic carbocycles. The van der Waals surface area contributed by atoms with Crippen LogP contribution in [-0.4, -0.2) is 7.05 Å². The second kappa shape index (κ2) is 2.88. The second-order valence-corrected chi connectivity index (χ2v) is 1.22. The van der Waals surface area contributed by atoms with E-state index in [0.29, 0.717) is 5.03 Å². The van der Waals surface area contributed by atoms with Gasteiger partial charge in [-0.1, -0.05) is 12.3 Å². The van der Waals surface area contributed by atoms with E-state index in [1.807, 2.05) is 0 Å². The first-order chi connectivity index (χ1) is 2.81. The molecule has 0 spiro atoms. The molecule has 0 rings (SSSR count). The fraction of sp³-hybridized carbons (Fsp3) is 0.250. The molecule has 0 aliphatic rings. The molecule has 2 heteroatoms. The second-order valence-electron chi connectivity index (χ2n) is 0.775. The average Bonchev–Trinajstić information content (AvgIpc) is 1.65. The average molecular weight is 101 g/mol. The number of hydrogen-bond acceptors (Lipinski definition) is 2. The minimum Gasteiger partial charge on any atom is -0.377 e. The molecule has 0 saturated heterocycles. The summed E-state index contributed by atoms with van der Waals surface area (Å²) in [5.41, 5.74) is 2.53. The minimum atomic E-state index is 0.676. The summed E-state index contributed by atoms with van der Waals surface area (Å²) in [7, 11) is 1.76. The summed E-state index contributed by atoms with van der Waals surface area (Å²) in [4.78, 5) is 0. The highest BCUT2D eigenvalue weighted by atomic mass is 32.1. The molecule has 0 heterocycles. The van der Waals surface area contributed by atoms with Gasteiger partial charge in [-0.25, -0.2) is 0 Å². The van der Waals surface area contributed by atoms with Gasteiger partial charge in [0.1, 0.15) is 5.03 Å². The molecule has 0 aromatic carbocycles.